The van der Waals surface area contributed by atoms with Gasteiger partial charge >= 0.3 is 12.0 Å². The third-order valence-corrected chi connectivity index (χ3v) is 1.31. The van der Waals surface area contributed by atoms with Crippen LogP contribution in [0.3, 0.4) is 0 Å². The van der Waals surface area contributed by atoms with Gasteiger partial charge in [-0.2, -0.15) is 0 Å². The summed E-state index contributed by atoms with van der Waals surface area (Å²) in [4.78, 5) is 20.3. The number of aliphatic carboxylic acids is 1. The van der Waals surface area contributed by atoms with Crippen LogP contribution >= 0.6 is 0 Å². The van der Waals surface area contributed by atoms with E-state index in [0.717, 1.165) is 0 Å². The minimum atomic E-state index is -1.03. The molecule has 0 spiro atoms. The second kappa shape index (κ2) is 10.7. The SMILES string of the molecule is CNC.NC(=O)NCCC[C@@H](N)C(=O)O. The Kier molecular flexibility index (Phi) is 11.5. The summed E-state index contributed by atoms with van der Waals surface area (Å²) in [6, 6.07) is -1.47. The molecular weight excluding hydrogens is 200 g/mol. The summed E-state index contributed by atoms with van der Waals surface area (Å²) in [5, 5.41) is 13.4. The lowest BCUT2D eigenvalue weighted by Crippen LogP contribution is -2.33. The van der Waals surface area contributed by atoms with Gasteiger partial charge in [0.05, 0.1) is 0 Å². The number of carbonyl (C=O) groups is 2. The van der Waals surface area contributed by atoms with Crippen molar-refractivity contribution in [2.45, 2.75) is 18.9 Å². The van der Waals surface area contributed by atoms with E-state index in [0.29, 0.717) is 19.4 Å². The summed E-state index contributed by atoms with van der Waals surface area (Å²) in [7, 11) is 3.75. The number of rotatable bonds is 5. The Morgan fingerprint density at radius 3 is 2.20 bits per heavy atom. The molecule has 7 N–H and O–H groups in total. The third kappa shape index (κ3) is 15.4. The van der Waals surface area contributed by atoms with Crippen molar-refractivity contribution in [1.29, 1.82) is 0 Å². The smallest absolute Gasteiger partial charge is 0.320 e. The van der Waals surface area contributed by atoms with Crippen LogP contribution < -0.4 is 22.1 Å². The Balaban J connectivity index is 0. The second-order valence-corrected chi connectivity index (χ2v) is 2.88. The molecule has 0 aliphatic rings. The second-order valence-electron chi connectivity index (χ2n) is 2.88. The molecule has 0 saturated carbocycles. The number of urea groups is 1. The quantitative estimate of drug-likeness (QED) is 0.367. The molecule has 0 fully saturated rings. The fourth-order valence-electron chi connectivity index (χ4n) is 0.657. The number of amides is 2. The van der Waals surface area contributed by atoms with Gasteiger partial charge in [-0.1, -0.05) is 0 Å². The molecule has 0 radical (unpaired) electrons. The van der Waals surface area contributed by atoms with Gasteiger partial charge in [0.2, 0.25) is 0 Å². The molecule has 1 atom stereocenters. The normalized spacial score (nSPS) is 10.9. The molecule has 15 heavy (non-hydrogen) atoms. The minimum absolute atomic E-state index is 0.329. The van der Waals surface area contributed by atoms with E-state index in [1.54, 1.807) is 0 Å². The molecule has 0 heterocycles. The van der Waals surface area contributed by atoms with Crippen LogP contribution in [0.4, 0.5) is 4.79 Å². The molecule has 2 amide bonds. The highest BCUT2D eigenvalue weighted by atomic mass is 16.4. The first-order valence-corrected chi connectivity index (χ1v) is 4.55. The van der Waals surface area contributed by atoms with E-state index in [2.05, 4.69) is 10.6 Å². The molecular formula is C8H20N4O3. The van der Waals surface area contributed by atoms with Crippen LogP contribution in [0.15, 0.2) is 0 Å². The van der Waals surface area contributed by atoms with Crippen molar-refractivity contribution >= 4 is 12.0 Å². The van der Waals surface area contributed by atoms with Crippen molar-refractivity contribution in [3.05, 3.63) is 0 Å². The highest BCUT2D eigenvalue weighted by Gasteiger charge is 2.09. The van der Waals surface area contributed by atoms with Crippen molar-refractivity contribution in [3.8, 4) is 0 Å². The van der Waals surface area contributed by atoms with E-state index in [-0.39, 0.29) is 0 Å². The highest BCUT2D eigenvalue weighted by molar-refractivity contribution is 5.73. The third-order valence-electron chi connectivity index (χ3n) is 1.31. The number of hydrogen-bond donors (Lipinski definition) is 5. The van der Waals surface area contributed by atoms with E-state index < -0.39 is 18.0 Å². The zero-order chi connectivity index (χ0) is 12.3. The van der Waals surface area contributed by atoms with E-state index in [9.17, 15) is 9.59 Å². The van der Waals surface area contributed by atoms with E-state index in [1.165, 1.54) is 0 Å². The predicted molar refractivity (Wildman–Crippen MR) is 57.4 cm³/mol. The first-order chi connectivity index (χ1) is 6.95. The van der Waals surface area contributed by atoms with E-state index in [1.807, 2.05) is 14.1 Å². The fourth-order valence-corrected chi connectivity index (χ4v) is 0.657. The maximum Gasteiger partial charge on any atom is 0.320 e. The zero-order valence-electron chi connectivity index (χ0n) is 9.12. The number of nitrogens with one attached hydrogen (secondary N) is 2. The molecule has 7 heteroatoms. The number of carbonyl (C=O) groups excluding carboxylic acids is 1. The summed E-state index contributed by atoms with van der Waals surface area (Å²) in [6.07, 6.45) is 0.839. The van der Waals surface area contributed by atoms with Crippen LogP contribution in [0.25, 0.3) is 0 Å². The van der Waals surface area contributed by atoms with Crippen LogP contribution in [0.5, 0.6) is 0 Å². The molecule has 0 aromatic carbocycles. The molecule has 7 nitrogen and oxygen atoms in total. The van der Waals surface area contributed by atoms with E-state index >= 15 is 0 Å². The van der Waals surface area contributed by atoms with Gasteiger partial charge in [-0.3, -0.25) is 4.79 Å². The number of nitrogens with two attached hydrogens (primary N) is 2. The number of primary amides is 1. The standard InChI is InChI=1S/C6H13N3O3.C2H7N/c7-4(5(10)11)2-1-3-9-6(8)12;1-3-2/h4H,1-3,7H2,(H,10,11)(H3,8,9,12);3H,1-2H3/t4-;/m1./s1. The lowest BCUT2D eigenvalue weighted by Gasteiger charge is -2.05. The predicted octanol–water partition coefficient (Wildman–Crippen LogP) is -1.32. The molecule has 0 aliphatic heterocycles. The largest absolute Gasteiger partial charge is 0.480 e. The minimum Gasteiger partial charge on any atom is -0.480 e. The maximum absolute atomic E-state index is 10.2. The van der Waals surface area contributed by atoms with Gasteiger partial charge in [0.1, 0.15) is 6.04 Å². The molecule has 0 aromatic heterocycles. The summed E-state index contributed by atoms with van der Waals surface area (Å²) in [5.41, 5.74) is 9.96. The molecule has 0 unspecified atom stereocenters. The number of hydrogen-bond acceptors (Lipinski definition) is 4. The van der Waals surface area contributed by atoms with Crippen LogP contribution in [-0.4, -0.2) is 43.8 Å². The van der Waals surface area contributed by atoms with Crippen LogP contribution in [0.2, 0.25) is 0 Å². The fraction of sp³-hybridized carbons (Fsp3) is 0.750. The molecule has 0 saturated heterocycles. The van der Waals surface area contributed by atoms with E-state index in [4.69, 9.17) is 16.6 Å². The van der Waals surface area contributed by atoms with Crippen molar-refractivity contribution in [3.63, 3.8) is 0 Å². The Hall–Kier alpha value is -1.34. The molecule has 90 valence electrons. The Morgan fingerprint density at radius 1 is 1.40 bits per heavy atom. The molecule has 0 bridgehead atoms. The van der Waals surface area contributed by atoms with Gasteiger partial charge in [-0.05, 0) is 26.9 Å². The van der Waals surface area contributed by atoms with Crippen LogP contribution in [-0.2, 0) is 4.79 Å². The van der Waals surface area contributed by atoms with Crippen molar-refractivity contribution in [1.82, 2.24) is 10.6 Å². The van der Waals surface area contributed by atoms with Crippen molar-refractivity contribution in [2.75, 3.05) is 20.6 Å². The van der Waals surface area contributed by atoms with Crippen molar-refractivity contribution in [2.24, 2.45) is 11.5 Å². The Morgan fingerprint density at radius 2 is 1.87 bits per heavy atom. The topological polar surface area (TPSA) is 130 Å². The molecule has 0 rings (SSSR count). The molecule has 0 aliphatic carbocycles. The van der Waals surface area contributed by atoms with Crippen LogP contribution in [0, 0.1) is 0 Å². The summed E-state index contributed by atoms with van der Waals surface area (Å²) in [5.74, 6) is -1.03. The van der Waals surface area contributed by atoms with Crippen LogP contribution in [0.1, 0.15) is 12.8 Å². The average molecular weight is 220 g/mol. The van der Waals surface area contributed by atoms with Gasteiger partial charge in [-0.15, -0.1) is 0 Å². The lowest BCUT2D eigenvalue weighted by molar-refractivity contribution is -0.138. The Labute approximate surface area is 89.2 Å². The lowest BCUT2D eigenvalue weighted by atomic mass is 10.2. The Bertz CT molecular complexity index is 187. The average Bonchev–Trinajstić information content (AvgIpc) is 2.12. The van der Waals surface area contributed by atoms with Gasteiger partial charge < -0.3 is 27.2 Å². The highest BCUT2D eigenvalue weighted by Crippen LogP contribution is 1.92. The van der Waals surface area contributed by atoms with Gasteiger partial charge in [0, 0.05) is 6.54 Å². The number of carboxylic acids is 1. The monoisotopic (exact) mass is 220 g/mol. The number of carboxylic acid groups (broad SMARTS) is 1. The first-order valence-electron chi connectivity index (χ1n) is 4.55. The summed E-state index contributed by atoms with van der Waals surface area (Å²) in [6.45, 7) is 0.357. The molecule has 0 aromatic rings. The first kappa shape index (κ1) is 16.1. The van der Waals surface area contributed by atoms with Crippen molar-refractivity contribution < 1.29 is 14.7 Å². The summed E-state index contributed by atoms with van der Waals surface area (Å²) < 4.78 is 0. The maximum atomic E-state index is 10.2. The van der Waals surface area contributed by atoms with Gasteiger partial charge in [-0.25, -0.2) is 4.79 Å². The summed E-state index contributed by atoms with van der Waals surface area (Å²) >= 11 is 0. The van der Waals surface area contributed by atoms with Gasteiger partial charge in [0.25, 0.3) is 0 Å². The zero-order valence-corrected chi connectivity index (χ0v) is 9.12. The van der Waals surface area contributed by atoms with Gasteiger partial charge in [0.15, 0.2) is 0 Å².